The first kappa shape index (κ1) is 15.3. The number of carbonyl (C=O) groups excluding carboxylic acids is 1. The molecule has 3 N–H and O–H groups in total. The van der Waals surface area contributed by atoms with Gasteiger partial charge in [-0.05, 0) is 0 Å². The van der Waals surface area contributed by atoms with Crippen molar-refractivity contribution >= 4 is 12.0 Å². The number of rotatable bonds is 2. The van der Waals surface area contributed by atoms with Gasteiger partial charge in [0.2, 0.25) is 5.95 Å². The molecule has 1 amide bonds. The van der Waals surface area contributed by atoms with Crippen LogP contribution in [0.25, 0.3) is 0 Å². The monoisotopic (exact) mass is 306 g/mol. The maximum atomic E-state index is 12.4. The molecule has 2 rings (SSSR count). The lowest BCUT2D eigenvalue weighted by atomic mass is 10.1. The Kier molecular flexibility index (Phi) is 4.16. The Hall–Kier alpha value is -2.10. The highest BCUT2D eigenvalue weighted by Crippen LogP contribution is 2.28. The average Bonchev–Trinajstić information content (AvgIpc) is 2.40. The summed E-state index contributed by atoms with van der Waals surface area (Å²) >= 11 is 0. The second-order valence-corrected chi connectivity index (χ2v) is 4.55. The summed E-state index contributed by atoms with van der Waals surface area (Å²) in [5, 5.41) is 9.82. The maximum Gasteiger partial charge on any atom is 0.419 e. The molecule has 2 atom stereocenters. The second-order valence-electron chi connectivity index (χ2n) is 4.55. The summed E-state index contributed by atoms with van der Waals surface area (Å²) in [6.07, 6.45) is -5.61. The number of nitrogens with zero attached hydrogens (tertiary/aromatic N) is 3. The molecule has 116 valence electrons. The summed E-state index contributed by atoms with van der Waals surface area (Å²) in [5.41, 5.74) is 3.93. The van der Waals surface area contributed by atoms with Gasteiger partial charge in [-0.2, -0.15) is 13.2 Å². The third kappa shape index (κ3) is 3.72. The van der Waals surface area contributed by atoms with E-state index in [9.17, 15) is 23.1 Å². The molecule has 1 fully saturated rings. The van der Waals surface area contributed by atoms with E-state index in [-0.39, 0.29) is 18.9 Å². The minimum atomic E-state index is -4.50. The number of hydrogen-bond donors (Lipinski definition) is 2. The normalized spacial score (nSPS) is 23.0. The number of hydrogen-bond acceptors (Lipinski definition) is 6. The number of β-amino-alcohol motifs (C(OH)–C–C–N with tert-alkyl or cyclic N) is 1. The third-order valence-electron chi connectivity index (χ3n) is 3.04. The van der Waals surface area contributed by atoms with Crippen molar-refractivity contribution in [3.05, 3.63) is 18.0 Å². The van der Waals surface area contributed by atoms with Crippen LogP contribution in [0.4, 0.5) is 23.9 Å². The third-order valence-corrected chi connectivity index (χ3v) is 3.04. The number of aromatic nitrogens is 2. The predicted octanol–water partition coefficient (Wildman–Crippen LogP) is 0.530. The molecule has 0 aliphatic carbocycles. The molecular weight excluding hydrogens is 293 g/mol. The molecule has 1 aliphatic heterocycles. The highest BCUT2D eigenvalue weighted by molar-refractivity contribution is 5.64. The number of aliphatic hydroxyl groups excluding tert-OH is 1. The van der Waals surface area contributed by atoms with Crippen LogP contribution in [-0.2, 0) is 10.9 Å². The Labute approximate surface area is 117 Å². The largest absolute Gasteiger partial charge is 0.443 e. The summed E-state index contributed by atoms with van der Waals surface area (Å²) in [4.78, 5) is 19.4. The Morgan fingerprint density at radius 2 is 2.05 bits per heavy atom. The molecule has 0 unspecified atom stereocenters. The molecule has 0 bridgehead atoms. The zero-order valence-corrected chi connectivity index (χ0v) is 10.7. The second kappa shape index (κ2) is 5.72. The van der Waals surface area contributed by atoms with Crippen molar-refractivity contribution in [2.75, 3.05) is 18.0 Å². The van der Waals surface area contributed by atoms with Gasteiger partial charge in [0.25, 0.3) is 0 Å². The van der Waals surface area contributed by atoms with E-state index in [2.05, 4.69) is 9.97 Å². The molecule has 1 aromatic rings. The van der Waals surface area contributed by atoms with E-state index >= 15 is 0 Å². The standard InChI is InChI=1S/C11H13F3N4O3/c12-11(13,14)6-3-16-10(17-4-6)18-2-1-8(7(19)5-18)21-9(15)20/h3-4,7-8,19H,1-2,5H2,(H2,15,20)/t7-,8-/m0/s1. The lowest BCUT2D eigenvalue weighted by Gasteiger charge is -2.35. The summed E-state index contributed by atoms with van der Waals surface area (Å²) in [6, 6.07) is 0. The van der Waals surface area contributed by atoms with Crippen molar-refractivity contribution in [2.45, 2.75) is 24.8 Å². The number of carbonyl (C=O) groups is 1. The first-order valence-corrected chi connectivity index (χ1v) is 6.05. The Balaban J connectivity index is 2.02. The summed E-state index contributed by atoms with van der Waals surface area (Å²) in [6.45, 7) is 0.351. The lowest BCUT2D eigenvalue weighted by Crippen LogP contribution is -2.49. The van der Waals surface area contributed by atoms with Gasteiger partial charge in [-0.3, -0.25) is 0 Å². The number of halogens is 3. The summed E-state index contributed by atoms with van der Waals surface area (Å²) in [7, 11) is 0. The van der Waals surface area contributed by atoms with E-state index < -0.39 is 30.0 Å². The zero-order valence-electron chi connectivity index (χ0n) is 10.7. The van der Waals surface area contributed by atoms with Gasteiger partial charge in [-0.25, -0.2) is 14.8 Å². The molecule has 0 saturated carbocycles. The SMILES string of the molecule is NC(=O)O[C@H]1CCN(c2ncc(C(F)(F)F)cn2)C[C@@H]1O. The van der Waals surface area contributed by atoms with Crippen LogP contribution in [0.15, 0.2) is 12.4 Å². The molecule has 2 heterocycles. The molecular formula is C11H13F3N4O3. The Morgan fingerprint density at radius 3 is 2.52 bits per heavy atom. The number of primary amides is 1. The average molecular weight is 306 g/mol. The van der Waals surface area contributed by atoms with E-state index in [1.807, 2.05) is 0 Å². The van der Waals surface area contributed by atoms with Gasteiger partial charge in [0.15, 0.2) is 0 Å². The minimum Gasteiger partial charge on any atom is -0.443 e. The fourth-order valence-electron chi connectivity index (χ4n) is 2.01. The van der Waals surface area contributed by atoms with Crippen LogP contribution >= 0.6 is 0 Å². The number of piperidine rings is 1. The first-order chi connectivity index (χ1) is 9.77. The van der Waals surface area contributed by atoms with Crippen molar-refractivity contribution in [3.8, 4) is 0 Å². The first-order valence-electron chi connectivity index (χ1n) is 6.05. The Morgan fingerprint density at radius 1 is 1.43 bits per heavy atom. The lowest BCUT2D eigenvalue weighted by molar-refractivity contribution is -0.138. The molecule has 0 aromatic carbocycles. The smallest absolute Gasteiger partial charge is 0.419 e. The highest BCUT2D eigenvalue weighted by atomic mass is 19.4. The van der Waals surface area contributed by atoms with E-state index in [1.165, 1.54) is 4.90 Å². The number of alkyl halides is 3. The molecule has 0 radical (unpaired) electrons. The van der Waals surface area contributed by atoms with Gasteiger partial charge in [-0.1, -0.05) is 0 Å². The van der Waals surface area contributed by atoms with Crippen LogP contribution in [0.1, 0.15) is 12.0 Å². The van der Waals surface area contributed by atoms with Crippen molar-refractivity contribution in [2.24, 2.45) is 5.73 Å². The van der Waals surface area contributed by atoms with Crippen LogP contribution in [0.3, 0.4) is 0 Å². The molecule has 1 aliphatic rings. The maximum absolute atomic E-state index is 12.4. The number of anilines is 1. The number of ether oxygens (including phenoxy) is 1. The predicted molar refractivity (Wildman–Crippen MR) is 64.3 cm³/mol. The van der Waals surface area contributed by atoms with Crippen molar-refractivity contribution < 1.29 is 27.8 Å². The number of nitrogens with two attached hydrogens (primary N) is 1. The van der Waals surface area contributed by atoms with Gasteiger partial charge < -0.3 is 20.5 Å². The topological polar surface area (TPSA) is 102 Å². The van der Waals surface area contributed by atoms with Crippen molar-refractivity contribution in [1.29, 1.82) is 0 Å². The highest BCUT2D eigenvalue weighted by Gasteiger charge is 2.33. The molecule has 10 heteroatoms. The molecule has 7 nitrogen and oxygen atoms in total. The van der Waals surface area contributed by atoms with Crippen LogP contribution in [0.2, 0.25) is 0 Å². The van der Waals surface area contributed by atoms with Crippen molar-refractivity contribution in [3.63, 3.8) is 0 Å². The van der Waals surface area contributed by atoms with Crippen molar-refractivity contribution in [1.82, 2.24) is 9.97 Å². The summed E-state index contributed by atoms with van der Waals surface area (Å²) in [5.74, 6) is 0.0691. The molecule has 1 saturated heterocycles. The molecule has 0 spiro atoms. The van der Waals surface area contributed by atoms with Gasteiger partial charge in [0.05, 0.1) is 12.1 Å². The Bertz CT molecular complexity index is 508. The van der Waals surface area contributed by atoms with Crippen LogP contribution in [0, 0.1) is 0 Å². The van der Waals surface area contributed by atoms with E-state index in [1.54, 1.807) is 0 Å². The fraction of sp³-hybridized carbons (Fsp3) is 0.545. The number of amides is 1. The summed E-state index contributed by atoms with van der Waals surface area (Å²) < 4.78 is 41.9. The van der Waals surface area contributed by atoms with Gasteiger partial charge in [-0.15, -0.1) is 0 Å². The van der Waals surface area contributed by atoms with Crippen LogP contribution in [-0.4, -0.2) is 46.5 Å². The van der Waals surface area contributed by atoms with Gasteiger partial charge in [0, 0.05) is 25.4 Å². The van der Waals surface area contributed by atoms with Gasteiger partial charge >= 0.3 is 12.3 Å². The minimum absolute atomic E-state index is 0.0311. The van der Waals surface area contributed by atoms with E-state index in [0.717, 1.165) is 0 Å². The van der Waals surface area contributed by atoms with Crippen LogP contribution < -0.4 is 10.6 Å². The fourth-order valence-corrected chi connectivity index (χ4v) is 2.01. The zero-order chi connectivity index (χ0) is 15.6. The quantitative estimate of drug-likeness (QED) is 0.826. The van der Waals surface area contributed by atoms with E-state index in [4.69, 9.17) is 10.5 Å². The van der Waals surface area contributed by atoms with E-state index in [0.29, 0.717) is 18.9 Å². The number of aliphatic hydroxyl groups is 1. The molecule has 21 heavy (non-hydrogen) atoms. The molecule has 1 aromatic heterocycles. The van der Waals surface area contributed by atoms with Crippen LogP contribution in [0.5, 0.6) is 0 Å². The van der Waals surface area contributed by atoms with Gasteiger partial charge in [0.1, 0.15) is 12.2 Å².